The highest BCUT2D eigenvalue weighted by Gasteiger charge is 2.18. The molecule has 2 N–H and O–H groups in total. The molecule has 92 valence electrons. The normalized spacial score (nSPS) is 11.0. The van der Waals surface area contributed by atoms with Crippen molar-refractivity contribution in [3.63, 3.8) is 0 Å². The topological polar surface area (TPSA) is 66.4 Å². The minimum atomic E-state index is -1.13. The molecule has 0 bridgehead atoms. The van der Waals surface area contributed by atoms with Crippen LogP contribution in [0.1, 0.15) is 32.8 Å². The maximum atomic E-state index is 11.4. The van der Waals surface area contributed by atoms with Crippen molar-refractivity contribution in [2.75, 3.05) is 5.32 Å². The average molecular weight is 235 g/mol. The number of carboxylic acids is 1. The molecule has 1 amide bonds. The summed E-state index contributed by atoms with van der Waals surface area (Å²) in [5.41, 5.74) is 1.55. The van der Waals surface area contributed by atoms with Gasteiger partial charge in [-0.25, -0.2) is 0 Å². The van der Waals surface area contributed by atoms with Crippen LogP contribution in [0.3, 0.4) is 0 Å². The van der Waals surface area contributed by atoms with E-state index in [1.54, 1.807) is 6.07 Å². The number of nitrogens with one attached hydrogen (secondary N) is 1. The fourth-order valence-electron chi connectivity index (χ4n) is 1.58. The predicted molar refractivity (Wildman–Crippen MR) is 66.0 cm³/mol. The highest BCUT2D eigenvalue weighted by atomic mass is 16.4. The Hall–Kier alpha value is -1.84. The van der Waals surface area contributed by atoms with Gasteiger partial charge in [-0.15, -0.1) is 0 Å². The number of hydrogen-bond acceptors (Lipinski definition) is 2. The van der Waals surface area contributed by atoms with E-state index in [4.69, 9.17) is 5.11 Å². The summed E-state index contributed by atoms with van der Waals surface area (Å²) in [4.78, 5) is 21.8. The molecule has 0 saturated heterocycles. The van der Waals surface area contributed by atoms with Gasteiger partial charge in [0.15, 0.2) is 0 Å². The van der Waals surface area contributed by atoms with Crippen molar-refractivity contribution in [1.29, 1.82) is 0 Å². The molecule has 0 unspecified atom stereocenters. The van der Waals surface area contributed by atoms with Crippen molar-refractivity contribution >= 4 is 17.6 Å². The number of hydrogen-bond donors (Lipinski definition) is 2. The van der Waals surface area contributed by atoms with Gasteiger partial charge in [0.2, 0.25) is 5.91 Å². The van der Waals surface area contributed by atoms with E-state index >= 15 is 0 Å². The molecule has 0 aliphatic rings. The van der Waals surface area contributed by atoms with Gasteiger partial charge in [0, 0.05) is 5.69 Å². The van der Waals surface area contributed by atoms with E-state index in [0.29, 0.717) is 5.69 Å². The fraction of sp³-hybridized carbons (Fsp3) is 0.385. The van der Waals surface area contributed by atoms with E-state index in [0.717, 1.165) is 5.56 Å². The summed E-state index contributed by atoms with van der Waals surface area (Å²) in [7, 11) is 0. The molecule has 17 heavy (non-hydrogen) atoms. The molecule has 0 radical (unpaired) electrons. The number of rotatable bonds is 3. The first kappa shape index (κ1) is 13.2. The third-order valence-corrected chi connectivity index (χ3v) is 2.32. The van der Waals surface area contributed by atoms with E-state index in [1.165, 1.54) is 0 Å². The monoisotopic (exact) mass is 235 g/mol. The lowest BCUT2D eigenvalue weighted by atomic mass is 9.86. The molecular formula is C13H17NO3. The molecule has 0 fully saturated rings. The van der Waals surface area contributed by atoms with Gasteiger partial charge in [-0.3, -0.25) is 9.59 Å². The Morgan fingerprint density at radius 3 is 2.35 bits per heavy atom. The van der Waals surface area contributed by atoms with Gasteiger partial charge < -0.3 is 10.4 Å². The second kappa shape index (κ2) is 4.99. The van der Waals surface area contributed by atoms with Crippen LogP contribution in [0.2, 0.25) is 0 Å². The molecule has 1 aromatic rings. The van der Waals surface area contributed by atoms with E-state index in [9.17, 15) is 9.59 Å². The van der Waals surface area contributed by atoms with Gasteiger partial charge in [-0.05, 0) is 17.0 Å². The Bertz CT molecular complexity index is 433. The summed E-state index contributed by atoms with van der Waals surface area (Å²) in [5.74, 6) is -1.63. The number of benzene rings is 1. The van der Waals surface area contributed by atoms with Crippen LogP contribution in [0.25, 0.3) is 0 Å². The molecule has 1 rings (SSSR count). The Morgan fingerprint density at radius 2 is 1.82 bits per heavy atom. The number of carboxylic acid groups (broad SMARTS) is 1. The number of anilines is 1. The average Bonchev–Trinajstić information content (AvgIpc) is 2.15. The summed E-state index contributed by atoms with van der Waals surface area (Å²) in [5, 5.41) is 11.2. The van der Waals surface area contributed by atoms with E-state index in [2.05, 4.69) is 5.32 Å². The van der Waals surface area contributed by atoms with Crippen molar-refractivity contribution < 1.29 is 14.7 Å². The second-order valence-corrected chi connectivity index (χ2v) is 4.91. The number of carbonyl (C=O) groups is 2. The number of aliphatic carboxylic acids is 1. The van der Waals surface area contributed by atoms with Crippen LogP contribution in [-0.2, 0) is 15.0 Å². The zero-order valence-corrected chi connectivity index (χ0v) is 10.3. The minimum absolute atomic E-state index is 0.104. The third-order valence-electron chi connectivity index (χ3n) is 2.32. The van der Waals surface area contributed by atoms with Gasteiger partial charge >= 0.3 is 5.97 Å². The third kappa shape index (κ3) is 3.90. The first-order chi connectivity index (χ1) is 7.80. The van der Waals surface area contributed by atoms with Crippen molar-refractivity contribution in [3.05, 3.63) is 29.8 Å². The fourth-order valence-corrected chi connectivity index (χ4v) is 1.58. The molecular weight excluding hydrogens is 218 g/mol. The summed E-state index contributed by atoms with van der Waals surface area (Å²) >= 11 is 0. The van der Waals surface area contributed by atoms with Crippen LogP contribution in [0.5, 0.6) is 0 Å². The van der Waals surface area contributed by atoms with Crippen molar-refractivity contribution in [2.45, 2.75) is 32.6 Å². The number of para-hydroxylation sites is 1. The highest BCUT2D eigenvalue weighted by molar-refractivity contribution is 6.01. The number of carbonyl (C=O) groups excluding carboxylic acids is 1. The number of amides is 1. The van der Waals surface area contributed by atoms with Crippen LogP contribution in [-0.4, -0.2) is 17.0 Å². The Morgan fingerprint density at radius 1 is 1.24 bits per heavy atom. The van der Waals surface area contributed by atoms with Gasteiger partial charge in [0.25, 0.3) is 0 Å². The summed E-state index contributed by atoms with van der Waals surface area (Å²) < 4.78 is 0. The minimum Gasteiger partial charge on any atom is -0.481 e. The highest BCUT2D eigenvalue weighted by Crippen LogP contribution is 2.29. The van der Waals surface area contributed by atoms with Crippen molar-refractivity contribution in [3.8, 4) is 0 Å². The zero-order chi connectivity index (χ0) is 13.1. The lowest BCUT2D eigenvalue weighted by Gasteiger charge is -2.22. The van der Waals surface area contributed by atoms with E-state index in [-0.39, 0.29) is 5.41 Å². The molecule has 0 aromatic heterocycles. The van der Waals surface area contributed by atoms with Crippen LogP contribution >= 0.6 is 0 Å². The second-order valence-electron chi connectivity index (χ2n) is 4.91. The van der Waals surface area contributed by atoms with Crippen LogP contribution in [0.4, 0.5) is 5.69 Å². The predicted octanol–water partition coefficient (Wildman–Crippen LogP) is 2.40. The molecule has 4 nitrogen and oxygen atoms in total. The lowest BCUT2D eigenvalue weighted by Crippen LogP contribution is -2.20. The molecule has 0 saturated carbocycles. The largest absolute Gasteiger partial charge is 0.481 e. The van der Waals surface area contributed by atoms with E-state index < -0.39 is 18.3 Å². The summed E-state index contributed by atoms with van der Waals surface area (Å²) in [6.45, 7) is 6.11. The van der Waals surface area contributed by atoms with Gasteiger partial charge in [-0.1, -0.05) is 39.0 Å². The van der Waals surface area contributed by atoms with Gasteiger partial charge in [0.05, 0.1) is 0 Å². The van der Waals surface area contributed by atoms with Crippen LogP contribution in [0, 0.1) is 0 Å². The maximum Gasteiger partial charge on any atom is 0.312 e. The molecule has 0 spiro atoms. The molecule has 0 heterocycles. The molecule has 4 heteroatoms. The van der Waals surface area contributed by atoms with Crippen molar-refractivity contribution in [1.82, 2.24) is 0 Å². The molecule has 0 aliphatic heterocycles. The molecule has 0 atom stereocenters. The van der Waals surface area contributed by atoms with Gasteiger partial charge in [0.1, 0.15) is 6.42 Å². The van der Waals surface area contributed by atoms with Crippen LogP contribution < -0.4 is 5.32 Å². The quantitative estimate of drug-likeness (QED) is 0.790. The first-order valence-corrected chi connectivity index (χ1v) is 5.42. The first-order valence-electron chi connectivity index (χ1n) is 5.42. The molecule has 1 aromatic carbocycles. The summed E-state index contributed by atoms with van der Waals surface area (Å²) in [6.07, 6.45) is -0.515. The Labute approximate surface area is 101 Å². The van der Waals surface area contributed by atoms with Crippen LogP contribution in [0.15, 0.2) is 24.3 Å². The zero-order valence-electron chi connectivity index (χ0n) is 10.3. The standard InChI is InChI=1S/C13H17NO3/c1-13(2,3)9-6-4-5-7-10(9)14-11(15)8-12(16)17/h4-7H,8H2,1-3H3,(H,14,15)(H,16,17). The van der Waals surface area contributed by atoms with Gasteiger partial charge in [-0.2, -0.15) is 0 Å². The summed E-state index contributed by atoms with van der Waals surface area (Å²) in [6, 6.07) is 7.41. The molecule has 0 aliphatic carbocycles. The maximum absolute atomic E-state index is 11.4. The Kier molecular flexibility index (Phi) is 3.89. The van der Waals surface area contributed by atoms with E-state index in [1.807, 2.05) is 39.0 Å². The van der Waals surface area contributed by atoms with Crippen molar-refractivity contribution in [2.24, 2.45) is 0 Å². The lowest BCUT2D eigenvalue weighted by molar-refractivity contribution is -0.139. The smallest absolute Gasteiger partial charge is 0.312 e. The SMILES string of the molecule is CC(C)(C)c1ccccc1NC(=O)CC(=O)O. The Balaban J connectivity index is 2.92.